The molecule has 154 valence electrons. The third-order valence-corrected chi connectivity index (χ3v) is 4.17. The monoisotopic (exact) mass is 410 g/mol. The zero-order valence-corrected chi connectivity index (χ0v) is 16.0. The topological polar surface area (TPSA) is 136 Å². The van der Waals surface area contributed by atoms with Gasteiger partial charge in [-0.2, -0.15) is 5.26 Å². The lowest BCUT2D eigenvalue weighted by atomic mass is 10.2. The number of nitro groups is 1. The molecule has 2 N–H and O–H groups in total. The standard InChI is InChI=1S/C20H18N4O6/c1-28-19-8-14(24(26)27)6-7-16(19)23-20(25)13(9-21)10-22-11-15-12-29-17-4-2-3-5-18(17)30-15/h2-8,10,15,22H,11-12H2,1H3,(H,23,25)/b13-10-. The van der Waals surface area contributed by atoms with Crippen molar-refractivity contribution in [2.75, 3.05) is 25.6 Å². The molecule has 0 fully saturated rings. The van der Waals surface area contributed by atoms with Gasteiger partial charge in [-0.3, -0.25) is 14.9 Å². The third kappa shape index (κ3) is 4.77. The third-order valence-electron chi connectivity index (χ3n) is 4.17. The molecule has 1 heterocycles. The second-order valence-corrected chi connectivity index (χ2v) is 6.17. The highest BCUT2D eigenvalue weighted by molar-refractivity contribution is 6.07. The lowest BCUT2D eigenvalue weighted by molar-refractivity contribution is -0.384. The van der Waals surface area contributed by atoms with Crippen molar-refractivity contribution in [1.29, 1.82) is 5.26 Å². The number of nitriles is 1. The van der Waals surface area contributed by atoms with Crippen molar-refractivity contribution in [3.05, 3.63) is 64.4 Å². The normalized spacial score (nSPS) is 14.9. The SMILES string of the molecule is COc1cc([N+](=O)[O-])ccc1NC(=O)/C(C#N)=C\NCC1COc2ccccc2O1. The van der Waals surface area contributed by atoms with E-state index in [2.05, 4.69) is 10.6 Å². The maximum Gasteiger partial charge on any atom is 0.273 e. The molecule has 0 bridgehead atoms. The zero-order chi connectivity index (χ0) is 21.5. The molecule has 3 rings (SSSR count). The number of carbonyl (C=O) groups is 1. The molecule has 0 spiro atoms. The van der Waals surface area contributed by atoms with Gasteiger partial charge in [0.05, 0.1) is 30.3 Å². The maximum absolute atomic E-state index is 12.4. The first-order chi connectivity index (χ1) is 14.5. The second-order valence-electron chi connectivity index (χ2n) is 6.17. The van der Waals surface area contributed by atoms with Crippen LogP contribution in [-0.2, 0) is 4.79 Å². The number of nitrogens with one attached hydrogen (secondary N) is 2. The van der Waals surface area contributed by atoms with Crippen molar-refractivity contribution in [1.82, 2.24) is 5.32 Å². The number of amides is 1. The summed E-state index contributed by atoms with van der Waals surface area (Å²) in [5, 5.41) is 25.5. The van der Waals surface area contributed by atoms with Crippen molar-refractivity contribution in [2.24, 2.45) is 0 Å². The van der Waals surface area contributed by atoms with Gasteiger partial charge in [-0.05, 0) is 18.2 Å². The number of anilines is 1. The molecular weight excluding hydrogens is 392 g/mol. The molecular formula is C20H18N4O6. The summed E-state index contributed by atoms with van der Waals surface area (Å²) in [6.07, 6.45) is 0.978. The van der Waals surface area contributed by atoms with E-state index < -0.39 is 10.8 Å². The number of methoxy groups -OCH3 is 1. The van der Waals surface area contributed by atoms with E-state index in [4.69, 9.17) is 14.2 Å². The second kappa shape index (κ2) is 9.29. The van der Waals surface area contributed by atoms with Crippen molar-refractivity contribution < 1.29 is 23.9 Å². The molecule has 2 aromatic rings. The fraction of sp³-hybridized carbons (Fsp3) is 0.200. The van der Waals surface area contributed by atoms with Crippen molar-refractivity contribution >= 4 is 17.3 Å². The predicted octanol–water partition coefficient (Wildman–Crippen LogP) is 2.38. The summed E-state index contributed by atoms with van der Waals surface area (Å²) >= 11 is 0. The average molecular weight is 410 g/mol. The van der Waals surface area contributed by atoms with Crippen LogP contribution in [0.3, 0.4) is 0 Å². The summed E-state index contributed by atoms with van der Waals surface area (Å²) < 4.78 is 16.5. The van der Waals surface area contributed by atoms with E-state index in [-0.39, 0.29) is 28.8 Å². The first kappa shape index (κ1) is 20.5. The summed E-state index contributed by atoms with van der Waals surface area (Å²) in [6, 6.07) is 12.8. The number of hydrogen-bond donors (Lipinski definition) is 2. The Balaban J connectivity index is 1.60. The predicted molar refractivity (Wildman–Crippen MR) is 106 cm³/mol. The van der Waals surface area contributed by atoms with Crippen LogP contribution in [0.25, 0.3) is 0 Å². The highest BCUT2D eigenvalue weighted by Gasteiger charge is 2.20. The molecule has 1 aliphatic rings. The number of carbonyl (C=O) groups excluding carboxylic acids is 1. The number of nitrogens with zero attached hydrogens (tertiary/aromatic N) is 2. The summed E-state index contributed by atoms with van der Waals surface area (Å²) in [5.74, 6) is 0.707. The summed E-state index contributed by atoms with van der Waals surface area (Å²) in [4.78, 5) is 22.7. The van der Waals surface area contributed by atoms with Gasteiger partial charge in [-0.25, -0.2) is 0 Å². The van der Waals surface area contributed by atoms with Gasteiger partial charge in [-0.1, -0.05) is 12.1 Å². The molecule has 0 aliphatic carbocycles. The minimum atomic E-state index is -0.691. The van der Waals surface area contributed by atoms with Gasteiger partial charge in [0, 0.05) is 12.3 Å². The van der Waals surface area contributed by atoms with Crippen LogP contribution in [0.5, 0.6) is 17.2 Å². The number of para-hydroxylation sites is 2. The van der Waals surface area contributed by atoms with E-state index in [0.717, 1.165) is 0 Å². The van der Waals surface area contributed by atoms with E-state index in [1.165, 1.54) is 31.5 Å². The Morgan fingerprint density at radius 2 is 2.13 bits per heavy atom. The highest BCUT2D eigenvalue weighted by Crippen LogP contribution is 2.31. The van der Waals surface area contributed by atoms with Gasteiger partial charge < -0.3 is 24.8 Å². The molecule has 0 saturated carbocycles. The van der Waals surface area contributed by atoms with Gasteiger partial charge in [-0.15, -0.1) is 0 Å². The number of nitro benzene ring substituents is 1. The molecule has 1 aliphatic heterocycles. The number of non-ortho nitro benzene ring substituents is 1. The summed E-state index contributed by atoms with van der Waals surface area (Å²) in [5.41, 5.74) is -0.166. The minimum Gasteiger partial charge on any atom is -0.494 e. The molecule has 0 aromatic heterocycles. The van der Waals surface area contributed by atoms with E-state index in [9.17, 15) is 20.2 Å². The van der Waals surface area contributed by atoms with E-state index >= 15 is 0 Å². The minimum absolute atomic E-state index is 0.106. The van der Waals surface area contributed by atoms with Gasteiger partial charge >= 0.3 is 0 Å². The van der Waals surface area contributed by atoms with E-state index in [1.807, 2.05) is 24.3 Å². The summed E-state index contributed by atoms with van der Waals surface area (Å²) in [7, 11) is 1.32. The van der Waals surface area contributed by atoms with Crippen LogP contribution in [0.4, 0.5) is 11.4 Å². The summed E-state index contributed by atoms with van der Waals surface area (Å²) in [6.45, 7) is 0.638. The Morgan fingerprint density at radius 1 is 1.37 bits per heavy atom. The lowest BCUT2D eigenvalue weighted by Crippen LogP contribution is -2.37. The van der Waals surface area contributed by atoms with Crippen LogP contribution in [0, 0.1) is 21.4 Å². The van der Waals surface area contributed by atoms with Crippen molar-refractivity contribution in [2.45, 2.75) is 6.10 Å². The Hall–Kier alpha value is -4.26. The van der Waals surface area contributed by atoms with Crippen LogP contribution in [0.15, 0.2) is 54.2 Å². The number of ether oxygens (including phenoxy) is 3. The van der Waals surface area contributed by atoms with Crippen LogP contribution < -0.4 is 24.8 Å². The fourth-order valence-electron chi connectivity index (χ4n) is 2.69. The number of hydrogen-bond acceptors (Lipinski definition) is 8. The van der Waals surface area contributed by atoms with Gasteiger partial charge in [0.15, 0.2) is 11.5 Å². The molecule has 1 amide bonds. The lowest BCUT2D eigenvalue weighted by Gasteiger charge is -2.26. The highest BCUT2D eigenvalue weighted by atomic mass is 16.6. The molecule has 0 radical (unpaired) electrons. The Bertz CT molecular complexity index is 1030. The smallest absolute Gasteiger partial charge is 0.273 e. The fourth-order valence-corrected chi connectivity index (χ4v) is 2.69. The maximum atomic E-state index is 12.4. The Kier molecular flexibility index (Phi) is 6.34. The zero-order valence-electron chi connectivity index (χ0n) is 16.0. The average Bonchev–Trinajstić information content (AvgIpc) is 2.76. The van der Waals surface area contributed by atoms with Gasteiger partial charge in [0.25, 0.3) is 11.6 Å². The number of fused-ring (bicyclic) bond motifs is 1. The van der Waals surface area contributed by atoms with Crippen molar-refractivity contribution in [3.63, 3.8) is 0 Å². The first-order valence-corrected chi connectivity index (χ1v) is 8.87. The number of rotatable bonds is 7. The Labute approximate surface area is 171 Å². The molecule has 1 unspecified atom stereocenters. The number of benzene rings is 2. The molecule has 2 aromatic carbocycles. The Morgan fingerprint density at radius 3 is 2.83 bits per heavy atom. The van der Waals surface area contributed by atoms with Crippen LogP contribution >= 0.6 is 0 Å². The molecule has 10 heteroatoms. The quantitative estimate of drug-likeness (QED) is 0.307. The molecule has 1 atom stereocenters. The van der Waals surface area contributed by atoms with Crippen molar-refractivity contribution in [3.8, 4) is 23.3 Å². The van der Waals surface area contributed by atoms with Crippen LogP contribution in [-0.4, -0.2) is 37.2 Å². The van der Waals surface area contributed by atoms with Gasteiger partial charge in [0.2, 0.25) is 0 Å². The first-order valence-electron chi connectivity index (χ1n) is 8.87. The van der Waals surface area contributed by atoms with Gasteiger partial charge in [0.1, 0.15) is 30.1 Å². The molecule has 10 nitrogen and oxygen atoms in total. The largest absolute Gasteiger partial charge is 0.494 e. The van der Waals surface area contributed by atoms with E-state index in [0.29, 0.717) is 24.7 Å². The van der Waals surface area contributed by atoms with Crippen LogP contribution in [0.1, 0.15) is 0 Å². The molecule has 0 saturated heterocycles. The van der Waals surface area contributed by atoms with Crippen LogP contribution in [0.2, 0.25) is 0 Å². The molecule has 30 heavy (non-hydrogen) atoms. The van der Waals surface area contributed by atoms with E-state index in [1.54, 1.807) is 6.07 Å².